The van der Waals surface area contributed by atoms with Gasteiger partial charge in [0.25, 0.3) is 5.56 Å². The van der Waals surface area contributed by atoms with Gasteiger partial charge >= 0.3 is 5.69 Å². The summed E-state index contributed by atoms with van der Waals surface area (Å²) in [7, 11) is 6.20. The Bertz CT molecular complexity index is 1470. The number of imidazole rings is 1. The van der Waals surface area contributed by atoms with E-state index in [1.54, 1.807) is 62.3 Å². The van der Waals surface area contributed by atoms with Gasteiger partial charge in [-0.3, -0.25) is 13.9 Å². The van der Waals surface area contributed by atoms with E-state index in [1.807, 2.05) is 12.1 Å². The molecule has 2 aromatic carbocycles. The van der Waals surface area contributed by atoms with E-state index in [1.165, 1.54) is 22.7 Å². The number of hydrogen-bond donors (Lipinski definition) is 0. The maximum atomic E-state index is 14.4. The fourth-order valence-electron chi connectivity index (χ4n) is 3.52. The van der Waals surface area contributed by atoms with E-state index >= 15 is 0 Å². The molecule has 0 radical (unpaired) electrons. The second-order valence-corrected chi connectivity index (χ2v) is 7.52. The molecule has 0 saturated carbocycles. The molecule has 4 aromatic rings. The van der Waals surface area contributed by atoms with Gasteiger partial charge in [-0.2, -0.15) is 10.1 Å². The first kappa shape index (κ1) is 22.0. The highest BCUT2D eigenvalue weighted by Gasteiger charge is 2.21. The second-order valence-electron chi connectivity index (χ2n) is 7.52. The van der Waals surface area contributed by atoms with Gasteiger partial charge in [0.05, 0.1) is 19.9 Å². The smallest absolute Gasteiger partial charge is 0.332 e. The van der Waals surface area contributed by atoms with Crippen LogP contribution in [0.2, 0.25) is 0 Å². The van der Waals surface area contributed by atoms with Crippen molar-refractivity contribution in [2.75, 3.05) is 12.1 Å². The molecule has 0 aliphatic carbocycles. The number of benzene rings is 2. The van der Waals surface area contributed by atoms with Crippen LogP contribution in [0.5, 0.6) is 5.75 Å². The Morgan fingerprint density at radius 1 is 1.03 bits per heavy atom. The molecule has 170 valence electrons. The van der Waals surface area contributed by atoms with Gasteiger partial charge < -0.3 is 9.30 Å². The van der Waals surface area contributed by atoms with Gasteiger partial charge in [0.15, 0.2) is 11.2 Å². The fourth-order valence-corrected chi connectivity index (χ4v) is 3.52. The minimum atomic E-state index is -0.487. The summed E-state index contributed by atoms with van der Waals surface area (Å²) < 4.78 is 23.5. The van der Waals surface area contributed by atoms with E-state index < -0.39 is 11.2 Å². The number of nitrogens with zero attached hydrogens (tertiary/aromatic N) is 6. The molecule has 0 fully saturated rings. The number of anilines is 1. The Morgan fingerprint density at radius 2 is 1.73 bits per heavy atom. The molecule has 0 saturated heterocycles. The zero-order valence-electron chi connectivity index (χ0n) is 18.7. The number of hydrazone groups is 1. The van der Waals surface area contributed by atoms with Gasteiger partial charge in [0.2, 0.25) is 5.95 Å². The first-order valence-corrected chi connectivity index (χ1v) is 10.1. The van der Waals surface area contributed by atoms with Gasteiger partial charge in [-0.1, -0.05) is 18.2 Å². The lowest BCUT2D eigenvalue weighted by Gasteiger charge is -2.18. The van der Waals surface area contributed by atoms with Crippen molar-refractivity contribution >= 4 is 23.3 Å². The van der Waals surface area contributed by atoms with Gasteiger partial charge in [-0.05, 0) is 35.9 Å². The summed E-state index contributed by atoms with van der Waals surface area (Å²) in [5.41, 5.74) is 0.695. The minimum Gasteiger partial charge on any atom is -0.497 e. The van der Waals surface area contributed by atoms with Crippen LogP contribution in [-0.2, 0) is 27.7 Å². The number of hydrogen-bond acceptors (Lipinski definition) is 6. The number of aryl methyl sites for hydroxylation is 2. The highest BCUT2D eigenvalue weighted by atomic mass is 19.1. The summed E-state index contributed by atoms with van der Waals surface area (Å²) in [4.78, 5) is 29.7. The van der Waals surface area contributed by atoms with Gasteiger partial charge in [0, 0.05) is 26.7 Å². The normalized spacial score (nSPS) is 11.4. The first-order chi connectivity index (χ1) is 15.8. The number of halogens is 1. The summed E-state index contributed by atoms with van der Waals surface area (Å²) in [5, 5.41) is 6.03. The number of aromatic nitrogens is 4. The van der Waals surface area contributed by atoms with Crippen LogP contribution in [-0.4, -0.2) is 32.0 Å². The molecular weight excluding hydrogens is 427 g/mol. The molecule has 2 heterocycles. The molecule has 0 spiro atoms. The summed E-state index contributed by atoms with van der Waals surface area (Å²) in [5.74, 6) is 0.614. The third kappa shape index (κ3) is 4.02. The van der Waals surface area contributed by atoms with Crippen LogP contribution in [0.4, 0.5) is 10.3 Å². The van der Waals surface area contributed by atoms with Crippen molar-refractivity contribution in [1.82, 2.24) is 18.7 Å². The molecule has 0 amide bonds. The van der Waals surface area contributed by atoms with Crippen LogP contribution in [0, 0.1) is 5.82 Å². The molecule has 9 nitrogen and oxygen atoms in total. The molecule has 0 unspecified atom stereocenters. The predicted octanol–water partition coefficient (Wildman–Crippen LogP) is 2.16. The third-order valence-corrected chi connectivity index (χ3v) is 5.42. The van der Waals surface area contributed by atoms with E-state index in [0.29, 0.717) is 11.3 Å². The van der Waals surface area contributed by atoms with Crippen LogP contribution in [0.1, 0.15) is 11.1 Å². The SMILES string of the molecule is COc1ccc(C=NN(Cc2ccccc2F)c2nc3c(c(=O)n(C)c(=O)n3C)n2C)cc1. The maximum absolute atomic E-state index is 14.4. The maximum Gasteiger partial charge on any atom is 0.332 e. The van der Waals surface area contributed by atoms with Crippen molar-refractivity contribution in [3.8, 4) is 5.75 Å². The summed E-state index contributed by atoms with van der Waals surface area (Å²) in [6.45, 7) is 0.0603. The summed E-state index contributed by atoms with van der Waals surface area (Å²) >= 11 is 0. The zero-order valence-corrected chi connectivity index (χ0v) is 18.7. The highest BCUT2D eigenvalue weighted by molar-refractivity contribution is 5.81. The standard InChI is InChI=1S/C23H23FN6O3/c1-27-19-20(28(2)23(32)29(3)21(19)31)26-22(27)30(14-16-7-5-6-8-18(16)24)25-13-15-9-11-17(33-4)12-10-15/h5-13H,14H2,1-4H3. The van der Waals surface area contributed by atoms with Crippen LogP contribution in [0.15, 0.2) is 63.2 Å². The Balaban J connectivity index is 1.85. The number of methoxy groups -OCH3 is 1. The lowest BCUT2D eigenvalue weighted by molar-refractivity contribution is 0.415. The van der Waals surface area contributed by atoms with E-state index in [0.717, 1.165) is 10.1 Å². The van der Waals surface area contributed by atoms with E-state index in [9.17, 15) is 14.0 Å². The van der Waals surface area contributed by atoms with Gasteiger partial charge in [-0.25, -0.2) is 14.2 Å². The zero-order chi connectivity index (χ0) is 23.7. The van der Waals surface area contributed by atoms with E-state index in [2.05, 4.69) is 10.1 Å². The minimum absolute atomic E-state index is 0.0603. The first-order valence-electron chi connectivity index (χ1n) is 10.1. The molecule has 0 atom stereocenters. The number of rotatable bonds is 6. The molecule has 10 heteroatoms. The quantitative estimate of drug-likeness (QED) is 0.332. The lowest BCUT2D eigenvalue weighted by Crippen LogP contribution is -2.37. The molecule has 0 bridgehead atoms. The topological polar surface area (TPSA) is 86.7 Å². The molecule has 33 heavy (non-hydrogen) atoms. The van der Waals surface area contributed by atoms with Crippen LogP contribution >= 0.6 is 0 Å². The average Bonchev–Trinajstić information content (AvgIpc) is 3.17. The largest absolute Gasteiger partial charge is 0.497 e. The van der Waals surface area contributed by atoms with Gasteiger partial charge in [-0.15, -0.1) is 0 Å². The third-order valence-electron chi connectivity index (χ3n) is 5.42. The van der Waals surface area contributed by atoms with Crippen molar-refractivity contribution in [2.45, 2.75) is 6.54 Å². The second kappa shape index (κ2) is 8.73. The highest BCUT2D eigenvalue weighted by Crippen LogP contribution is 2.21. The van der Waals surface area contributed by atoms with Crippen molar-refractivity contribution in [3.63, 3.8) is 0 Å². The Kier molecular flexibility index (Phi) is 5.82. The molecule has 4 rings (SSSR count). The Hall–Kier alpha value is -4.21. The fraction of sp³-hybridized carbons (Fsp3) is 0.217. The number of ether oxygens (including phenoxy) is 1. The van der Waals surface area contributed by atoms with Crippen molar-refractivity contribution in [3.05, 3.63) is 86.3 Å². The summed E-state index contributed by atoms with van der Waals surface area (Å²) in [6.07, 6.45) is 1.61. The molecule has 0 aliphatic heterocycles. The van der Waals surface area contributed by atoms with E-state index in [4.69, 9.17) is 4.74 Å². The van der Waals surface area contributed by atoms with E-state index in [-0.39, 0.29) is 29.5 Å². The lowest BCUT2D eigenvalue weighted by atomic mass is 10.2. The van der Waals surface area contributed by atoms with Crippen LogP contribution in [0.3, 0.4) is 0 Å². The van der Waals surface area contributed by atoms with Crippen molar-refractivity contribution in [1.29, 1.82) is 0 Å². The predicted molar refractivity (Wildman–Crippen MR) is 124 cm³/mol. The van der Waals surface area contributed by atoms with Crippen molar-refractivity contribution < 1.29 is 9.13 Å². The summed E-state index contributed by atoms with van der Waals surface area (Å²) in [6, 6.07) is 13.6. The van der Waals surface area contributed by atoms with Crippen LogP contribution in [0.25, 0.3) is 11.2 Å². The molecular formula is C23H23FN6O3. The molecule has 0 N–H and O–H groups in total. The molecule has 0 aliphatic rings. The van der Waals surface area contributed by atoms with Crippen molar-refractivity contribution in [2.24, 2.45) is 26.2 Å². The Morgan fingerprint density at radius 3 is 2.39 bits per heavy atom. The molecule has 2 aromatic heterocycles. The Labute approximate surface area is 188 Å². The monoisotopic (exact) mass is 450 g/mol. The average molecular weight is 450 g/mol. The van der Waals surface area contributed by atoms with Gasteiger partial charge in [0.1, 0.15) is 11.6 Å². The van der Waals surface area contributed by atoms with Crippen LogP contribution < -0.4 is 21.0 Å². The number of fused-ring (bicyclic) bond motifs is 1.